The molecule has 0 spiro atoms. The zero-order valence-corrected chi connectivity index (χ0v) is 36.0. The van der Waals surface area contributed by atoms with Crippen LogP contribution in [0.2, 0.25) is 18.1 Å². The number of aliphatic hydroxyl groups excluding tert-OH is 1. The number of anilines is 1. The van der Waals surface area contributed by atoms with Crippen LogP contribution in [0.15, 0.2) is 29.7 Å². The van der Waals surface area contributed by atoms with Gasteiger partial charge in [-0.3, -0.25) is 33.5 Å². The molecule has 23 heteroatoms. The molecule has 4 heterocycles. The van der Waals surface area contributed by atoms with Crippen LogP contribution in [0.3, 0.4) is 0 Å². The molecule has 308 valence electrons. The first kappa shape index (κ1) is 44.1. The first-order valence-corrected chi connectivity index (χ1v) is 25.1. The third-order valence-corrected chi connectivity index (χ3v) is 18.3. The number of fused-ring (bicyclic) bond motifs is 1. The number of hydrogen-bond acceptors (Lipinski definition) is 16. The SMILES string of the molecule is CC(C)C(=O)Nc1nc2c(ncn2[C@@H]2O[C@H](CO)C(O[Si](C)(C)C(C)(C)C)[C@H]2OP(=S)(OCCC#N)OC[C@H]2C[C@@H](Oc3ccncn3)C[C@@H]2[PH](=O)O)c(=O)[nH]1. The summed E-state index contributed by atoms with van der Waals surface area (Å²) < 4.78 is 52.4. The molecule has 5 rings (SSSR count). The van der Waals surface area contributed by atoms with Crippen LogP contribution in [0.1, 0.15) is 60.1 Å². The Balaban J connectivity index is 1.52. The highest BCUT2D eigenvalue weighted by molar-refractivity contribution is 8.07. The number of ether oxygens (including phenoxy) is 2. The largest absolute Gasteiger partial charge is 0.474 e. The molecule has 1 saturated heterocycles. The van der Waals surface area contributed by atoms with E-state index in [1.807, 2.05) is 39.9 Å². The molecule has 2 aliphatic rings. The van der Waals surface area contributed by atoms with Crippen molar-refractivity contribution in [2.24, 2.45) is 11.8 Å². The number of aromatic amines is 1. The number of hydrogen-bond donors (Lipinski definition) is 4. The van der Waals surface area contributed by atoms with Gasteiger partial charge in [-0.1, -0.05) is 34.6 Å². The fourth-order valence-electron chi connectivity index (χ4n) is 6.10. The van der Waals surface area contributed by atoms with Gasteiger partial charge < -0.3 is 32.9 Å². The van der Waals surface area contributed by atoms with Gasteiger partial charge in [0.15, 0.2) is 33.7 Å². The number of nitriles is 1. The number of imidazole rings is 1. The Morgan fingerprint density at radius 2 is 2.02 bits per heavy atom. The summed E-state index contributed by atoms with van der Waals surface area (Å²) in [5.74, 6) is -1.06. The smallest absolute Gasteiger partial charge is 0.327 e. The molecule has 1 aliphatic carbocycles. The van der Waals surface area contributed by atoms with Gasteiger partial charge in [0, 0.05) is 23.8 Å². The Morgan fingerprint density at radius 3 is 2.64 bits per heavy atom. The molecule has 1 aliphatic heterocycles. The third kappa shape index (κ3) is 10.4. The summed E-state index contributed by atoms with van der Waals surface area (Å²) in [6, 6.07) is 3.61. The summed E-state index contributed by atoms with van der Waals surface area (Å²) in [5, 5.41) is 22.3. The van der Waals surface area contributed by atoms with Crippen molar-refractivity contribution in [1.82, 2.24) is 29.5 Å². The van der Waals surface area contributed by atoms with Crippen LogP contribution >= 0.6 is 14.7 Å². The Morgan fingerprint density at radius 1 is 1.27 bits per heavy atom. The highest BCUT2D eigenvalue weighted by Crippen LogP contribution is 2.56. The molecule has 9 atom stereocenters. The van der Waals surface area contributed by atoms with Crippen LogP contribution in [0.5, 0.6) is 5.88 Å². The van der Waals surface area contributed by atoms with Crippen molar-refractivity contribution in [2.45, 2.75) is 108 Å². The predicted octanol–water partition coefficient (Wildman–Crippen LogP) is 4.03. The minimum atomic E-state index is -3.88. The van der Waals surface area contributed by atoms with E-state index in [9.17, 15) is 29.4 Å². The van der Waals surface area contributed by atoms with Crippen molar-refractivity contribution in [2.75, 3.05) is 25.1 Å². The topological polar surface area (TPSA) is 255 Å². The second-order valence-corrected chi connectivity index (χ2v) is 24.6. The van der Waals surface area contributed by atoms with E-state index in [2.05, 4.69) is 30.2 Å². The molecule has 3 aromatic heterocycles. The lowest BCUT2D eigenvalue weighted by Crippen LogP contribution is -2.50. The number of aromatic nitrogens is 6. The number of nitrogens with one attached hydrogen (secondary N) is 2. The van der Waals surface area contributed by atoms with Crippen molar-refractivity contribution in [3.8, 4) is 11.9 Å². The molecule has 2 fully saturated rings. The lowest BCUT2D eigenvalue weighted by Gasteiger charge is -2.41. The lowest BCUT2D eigenvalue weighted by molar-refractivity contribution is -0.118. The summed E-state index contributed by atoms with van der Waals surface area (Å²) in [6.07, 6.45) is 0.0312. The molecule has 4 N–H and O–H groups in total. The van der Waals surface area contributed by atoms with E-state index in [1.54, 1.807) is 19.9 Å². The van der Waals surface area contributed by atoms with Crippen molar-refractivity contribution in [3.05, 3.63) is 35.3 Å². The van der Waals surface area contributed by atoms with Gasteiger partial charge in [0.25, 0.3) is 5.56 Å². The zero-order valence-electron chi connectivity index (χ0n) is 32.3. The van der Waals surface area contributed by atoms with Gasteiger partial charge in [-0.15, -0.1) is 0 Å². The summed E-state index contributed by atoms with van der Waals surface area (Å²) in [4.78, 5) is 55.3. The first-order valence-electron chi connectivity index (χ1n) is 18.2. The number of H-pyrrole nitrogens is 1. The second-order valence-electron chi connectivity index (χ2n) is 15.5. The fraction of sp³-hybridized carbons (Fsp3) is 0.667. The average molecular weight is 857 g/mol. The number of carbonyl (C=O) groups excluding carboxylic acids is 1. The summed E-state index contributed by atoms with van der Waals surface area (Å²) in [6.45, 7) is 8.91. The van der Waals surface area contributed by atoms with Crippen LogP contribution in [0.4, 0.5) is 5.95 Å². The van der Waals surface area contributed by atoms with Crippen molar-refractivity contribution < 1.29 is 46.8 Å². The minimum absolute atomic E-state index is 0.0345. The van der Waals surface area contributed by atoms with E-state index in [0.29, 0.717) is 12.3 Å². The molecule has 1 saturated carbocycles. The van der Waals surface area contributed by atoms with Crippen molar-refractivity contribution in [1.29, 1.82) is 5.26 Å². The fourth-order valence-corrected chi connectivity index (χ4v) is 10.6. The molecule has 0 aromatic carbocycles. The third-order valence-electron chi connectivity index (χ3n) is 10.1. The Labute approximate surface area is 331 Å². The quantitative estimate of drug-likeness (QED) is 0.0849. The van der Waals surface area contributed by atoms with Crippen LogP contribution in [0, 0.1) is 23.2 Å². The van der Waals surface area contributed by atoms with Crippen molar-refractivity contribution in [3.63, 3.8) is 0 Å². The molecular formula is C33H50N8O11P2SSi. The number of nitrogens with zero attached hydrogens (tertiary/aromatic N) is 6. The van der Waals surface area contributed by atoms with Gasteiger partial charge in [0.1, 0.15) is 30.7 Å². The van der Waals surface area contributed by atoms with Gasteiger partial charge in [-0.25, -0.2) is 15.0 Å². The molecule has 1 amide bonds. The zero-order chi connectivity index (χ0) is 41.0. The predicted molar refractivity (Wildman–Crippen MR) is 210 cm³/mol. The van der Waals surface area contributed by atoms with E-state index >= 15 is 0 Å². The van der Waals surface area contributed by atoms with Crippen LogP contribution in [-0.4, -0.2) is 104 Å². The van der Waals surface area contributed by atoms with E-state index in [0.717, 1.165) is 0 Å². The van der Waals surface area contributed by atoms with Gasteiger partial charge in [0.2, 0.25) is 17.7 Å². The van der Waals surface area contributed by atoms with Crippen LogP contribution in [-0.2, 0) is 43.9 Å². The molecule has 0 bridgehead atoms. The molecular weight excluding hydrogens is 807 g/mol. The van der Waals surface area contributed by atoms with Crippen molar-refractivity contribution >= 4 is 57.9 Å². The maximum absolute atomic E-state index is 13.1. The monoisotopic (exact) mass is 856 g/mol. The van der Waals surface area contributed by atoms with E-state index in [-0.39, 0.29) is 54.1 Å². The normalized spacial score (nSPS) is 25.9. The lowest BCUT2D eigenvalue weighted by atomic mass is 10.1. The summed E-state index contributed by atoms with van der Waals surface area (Å²) in [5.41, 5.74) is -1.32. The summed E-state index contributed by atoms with van der Waals surface area (Å²) in [7, 11) is -5.68. The maximum atomic E-state index is 13.1. The Hall–Kier alpha value is -2.99. The highest BCUT2D eigenvalue weighted by atomic mass is 32.5. The molecule has 3 unspecified atom stereocenters. The second kappa shape index (κ2) is 18.3. The summed E-state index contributed by atoms with van der Waals surface area (Å²) >= 11 is 6.01. The highest BCUT2D eigenvalue weighted by Gasteiger charge is 2.54. The molecule has 0 radical (unpaired) electrons. The number of amides is 1. The number of carbonyl (C=O) groups is 1. The van der Waals surface area contributed by atoms with E-state index in [1.165, 1.54) is 23.4 Å². The first-order chi connectivity index (χ1) is 26.4. The van der Waals surface area contributed by atoms with Gasteiger partial charge >= 0.3 is 6.72 Å². The number of rotatable bonds is 17. The maximum Gasteiger partial charge on any atom is 0.327 e. The van der Waals surface area contributed by atoms with Crippen LogP contribution < -0.4 is 15.6 Å². The Kier molecular flexibility index (Phi) is 14.4. The number of aliphatic hydroxyl groups is 1. The van der Waals surface area contributed by atoms with Crippen LogP contribution in [0.25, 0.3) is 11.2 Å². The van der Waals surface area contributed by atoms with Gasteiger partial charge in [0.05, 0.1) is 38.6 Å². The van der Waals surface area contributed by atoms with E-state index < -0.39 is 83.4 Å². The molecule has 56 heavy (non-hydrogen) atoms. The molecule has 3 aromatic rings. The Bertz CT molecular complexity index is 2010. The van der Waals surface area contributed by atoms with E-state index in [4.69, 9.17) is 39.3 Å². The molecule has 19 nitrogen and oxygen atoms in total. The average Bonchev–Trinajstić information content (AvgIpc) is 3.83. The van der Waals surface area contributed by atoms with Gasteiger partial charge in [-0.05, 0) is 48.7 Å². The standard InChI is InChI=1S/C33H50N8O11P2SSi/c1-19(2)29(43)39-32-38-28-25(30(44)40-32)37-18-41(28)31-27(26(22(15-42)50-31)52-56(6,7)33(3,4)5)51-54(55,47-12-8-10-34)48-16-20-13-21(14-23(20)53(45)46)49-24-9-11-35-17-36-24/h9,11,17-23,26-27,31,42,53H,8,12-16H2,1-7H3,(H,45,46)(H2,38,39,40,43,44)/t20-,21-,22-,23+,26?,27-,31-,54?/m1/s1. The minimum Gasteiger partial charge on any atom is -0.474 e. The van der Waals surface area contributed by atoms with Gasteiger partial charge in [-0.2, -0.15) is 10.2 Å².